The Hall–Kier alpha value is -1.49. The number of rotatable bonds is 5. The summed E-state index contributed by atoms with van der Waals surface area (Å²) in [4.78, 5) is 15.6. The molecule has 0 bridgehead atoms. The third-order valence-corrected chi connectivity index (χ3v) is 5.32. The average Bonchev–Trinajstić information content (AvgIpc) is 2.83. The van der Waals surface area contributed by atoms with Gasteiger partial charge in [0.2, 0.25) is 0 Å². The van der Waals surface area contributed by atoms with Gasteiger partial charge in [0.15, 0.2) is 5.16 Å². The quantitative estimate of drug-likeness (QED) is 0.909. The number of fused-ring (bicyclic) bond motifs is 1. The fourth-order valence-electron chi connectivity index (χ4n) is 2.90. The van der Waals surface area contributed by atoms with Crippen molar-refractivity contribution in [3.05, 3.63) is 24.3 Å². The summed E-state index contributed by atoms with van der Waals surface area (Å²) in [5.74, 6) is -0.763. The number of aryl methyl sites for hydroxylation is 1. The van der Waals surface area contributed by atoms with Gasteiger partial charge in [-0.05, 0) is 25.0 Å². The molecule has 1 heterocycles. The molecule has 1 saturated carbocycles. The fraction of sp³-hybridized carbons (Fsp3) is 0.500. The molecule has 1 aromatic heterocycles. The summed E-state index contributed by atoms with van der Waals surface area (Å²) in [6.45, 7) is 0.491. The number of carboxylic acids is 1. The van der Waals surface area contributed by atoms with Crippen molar-refractivity contribution in [1.82, 2.24) is 9.55 Å². The zero-order valence-corrected chi connectivity index (χ0v) is 12.8. The minimum absolute atomic E-state index is 0.137. The number of carboxylic acid groups (broad SMARTS) is 1. The summed E-state index contributed by atoms with van der Waals surface area (Å²) in [5, 5.41) is 10.6. The molecule has 0 amide bonds. The van der Waals surface area contributed by atoms with Gasteiger partial charge in [0.25, 0.3) is 0 Å². The van der Waals surface area contributed by atoms with E-state index in [-0.39, 0.29) is 6.42 Å². The summed E-state index contributed by atoms with van der Waals surface area (Å²) >= 11 is 1.83. The Kier molecular flexibility index (Phi) is 4.48. The third kappa shape index (κ3) is 3.40. The average molecular weight is 304 g/mol. The van der Waals surface area contributed by atoms with Crippen LogP contribution < -0.4 is 0 Å². The van der Waals surface area contributed by atoms with Gasteiger partial charge in [-0.2, -0.15) is 0 Å². The standard InChI is InChI=1S/C16H20N2O2S/c19-15(20)10-11-18-14-9-5-4-8-13(14)17-16(18)21-12-6-2-1-3-7-12/h4-5,8-9,12H,1-3,6-7,10-11H2,(H,19,20). The van der Waals surface area contributed by atoms with Crippen molar-refractivity contribution in [2.45, 2.75) is 55.5 Å². The summed E-state index contributed by atoms with van der Waals surface area (Å²) in [7, 11) is 0. The predicted molar refractivity (Wildman–Crippen MR) is 84.7 cm³/mol. The fourth-order valence-corrected chi connectivity index (χ4v) is 4.23. The van der Waals surface area contributed by atoms with Gasteiger partial charge in [0, 0.05) is 11.8 Å². The molecule has 21 heavy (non-hydrogen) atoms. The number of aromatic nitrogens is 2. The molecule has 0 atom stereocenters. The van der Waals surface area contributed by atoms with Crippen LogP contribution in [0.15, 0.2) is 29.4 Å². The normalized spacial score (nSPS) is 16.4. The molecule has 1 aliphatic carbocycles. The minimum Gasteiger partial charge on any atom is -0.481 e. The lowest BCUT2D eigenvalue weighted by atomic mass is 10.0. The Morgan fingerprint density at radius 3 is 2.81 bits per heavy atom. The minimum atomic E-state index is -0.763. The van der Waals surface area contributed by atoms with Crippen LogP contribution in [-0.4, -0.2) is 25.9 Å². The van der Waals surface area contributed by atoms with E-state index >= 15 is 0 Å². The first-order valence-electron chi connectivity index (χ1n) is 7.58. The Bertz CT molecular complexity index is 632. The molecule has 112 valence electrons. The zero-order valence-electron chi connectivity index (χ0n) is 12.0. The summed E-state index contributed by atoms with van der Waals surface area (Å²) in [6, 6.07) is 7.98. The van der Waals surface area contributed by atoms with E-state index in [2.05, 4.69) is 4.57 Å². The first kappa shape index (κ1) is 14.4. The second-order valence-electron chi connectivity index (χ2n) is 5.56. The van der Waals surface area contributed by atoms with Crippen LogP contribution in [0.4, 0.5) is 0 Å². The van der Waals surface area contributed by atoms with Crippen LogP contribution in [-0.2, 0) is 11.3 Å². The molecule has 5 heteroatoms. The van der Waals surface area contributed by atoms with Gasteiger partial charge in [-0.25, -0.2) is 4.98 Å². The van der Waals surface area contributed by atoms with Crippen LogP contribution in [0.25, 0.3) is 11.0 Å². The topological polar surface area (TPSA) is 55.1 Å². The van der Waals surface area contributed by atoms with E-state index in [0.717, 1.165) is 16.2 Å². The van der Waals surface area contributed by atoms with Crippen molar-refractivity contribution in [2.24, 2.45) is 0 Å². The van der Waals surface area contributed by atoms with Gasteiger partial charge in [0.05, 0.1) is 17.5 Å². The van der Waals surface area contributed by atoms with E-state index in [1.807, 2.05) is 36.0 Å². The van der Waals surface area contributed by atoms with E-state index in [1.165, 1.54) is 32.1 Å². The molecule has 1 N–H and O–H groups in total. The number of aliphatic carboxylic acids is 1. The van der Waals surface area contributed by atoms with Crippen LogP contribution in [0, 0.1) is 0 Å². The van der Waals surface area contributed by atoms with Crippen LogP contribution in [0.2, 0.25) is 0 Å². The largest absolute Gasteiger partial charge is 0.481 e. The Morgan fingerprint density at radius 1 is 1.29 bits per heavy atom. The van der Waals surface area contributed by atoms with Crippen LogP contribution >= 0.6 is 11.8 Å². The van der Waals surface area contributed by atoms with E-state index in [0.29, 0.717) is 11.8 Å². The highest BCUT2D eigenvalue weighted by Gasteiger charge is 2.19. The highest BCUT2D eigenvalue weighted by Crippen LogP contribution is 2.34. The van der Waals surface area contributed by atoms with E-state index in [9.17, 15) is 4.79 Å². The molecule has 1 aromatic carbocycles. The lowest BCUT2D eigenvalue weighted by Crippen LogP contribution is -2.11. The number of hydrogen-bond donors (Lipinski definition) is 1. The Balaban J connectivity index is 1.87. The van der Waals surface area contributed by atoms with Crippen molar-refractivity contribution in [3.63, 3.8) is 0 Å². The summed E-state index contributed by atoms with van der Waals surface area (Å²) < 4.78 is 2.07. The molecular weight excluding hydrogens is 284 g/mol. The zero-order chi connectivity index (χ0) is 14.7. The second kappa shape index (κ2) is 6.52. The maximum Gasteiger partial charge on any atom is 0.305 e. The molecule has 1 fully saturated rings. The molecule has 0 aliphatic heterocycles. The van der Waals surface area contributed by atoms with Crippen molar-refractivity contribution >= 4 is 28.8 Å². The van der Waals surface area contributed by atoms with E-state index in [4.69, 9.17) is 10.1 Å². The first-order chi connectivity index (χ1) is 10.2. The third-order valence-electron chi connectivity index (χ3n) is 3.99. The molecule has 3 rings (SSSR count). The molecule has 0 spiro atoms. The van der Waals surface area contributed by atoms with Gasteiger partial charge in [-0.3, -0.25) is 4.79 Å². The van der Waals surface area contributed by atoms with Gasteiger partial charge in [-0.1, -0.05) is 43.2 Å². The summed E-state index contributed by atoms with van der Waals surface area (Å²) in [5.41, 5.74) is 2.00. The predicted octanol–water partition coefficient (Wildman–Crippen LogP) is 3.94. The molecule has 4 nitrogen and oxygen atoms in total. The number of benzene rings is 1. The van der Waals surface area contributed by atoms with Gasteiger partial charge in [0.1, 0.15) is 0 Å². The monoisotopic (exact) mass is 304 g/mol. The number of thioether (sulfide) groups is 1. The highest BCUT2D eigenvalue weighted by molar-refractivity contribution is 7.99. The van der Waals surface area contributed by atoms with Crippen molar-refractivity contribution in [1.29, 1.82) is 0 Å². The molecule has 0 unspecified atom stereocenters. The number of para-hydroxylation sites is 2. The van der Waals surface area contributed by atoms with Crippen LogP contribution in [0.1, 0.15) is 38.5 Å². The van der Waals surface area contributed by atoms with Gasteiger partial charge >= 0.3 is 5.97 Å². The van der Waals surface area contributed by atoms with Gasteiger partial charge in [-0.15, -0.1) is 0 Å². The lowest BCUT2D eigenvalue weighted by Gasteiger charge is -2.20. The lowest BCUT2D eigenvalue weighted by molar-refractivity contribution is -0.137. The van der Waals surface area contributed by atoms with Crippen molar-refractivity contribution in [3.8, 4) is 0 Å². The molecule has 0 radical (unpaired) electrons. The van der Waals surface area contributed by atoms with Crippen molar-refractivity contribution < 1.29 is 9.90 Å². The van der Waals surface area contributed by atoms with E-state index < -0.39 is 5.97 Å². The van der Waals surface area contributed by atoms with Crippen molar-refractivity contribution in [2.75, 3.05) is 0 Å². The molecule has 2 aromatic rings. The maximum absolute atomic E-state index is 10.9. The van der Waals surface area contributed by atoms with Gasteiger partial charge < -0.3 is 9.67 Å². The first-order valence-corrected chi connectivity index (χ1v) is 8.46. The number of nitrogens with zero attached hydrogens (tertiary/aromatic N) is 2. The smallest absolute Gasteiger partial charge is 0.305 e. The number of carbonyl (C=O) groups is 1. The van der Waals surface area contributed by atoms with Crippen LogP contribution in [0.5, 0.6) is 0 Å². The van der Waals surface area contributed by atoms with E-state index in [1.54, 1.807) is 0 Å². The summed E-state index contributed by atoms with van der Waals surface area (Å²) in [6.07, 6.45) is 6.56. The SMILES string of the molecule is O=C(O)CCn1c(SC2CCCCC2)nc2ccccc21. The molecule has 1 aliphatic rings. The number of hydrogen-bond acceptors (Lipinski definition) is 3. The van der Waals surface area contributed by atoms with Crippen LogP contribution in [0.3, 0.4) is 0 Å². The molecular formula is C16H20N2O2S. The Morgan fingerprint density at radius 2 is 2.05 bits per heavy atom. The second-order valence-corrected chi connectivity index (χ2v) is 6.82. The maximum atomic E-state index is 10.9. The Labute approximate surface area is 128 Å². The molecule has 0 saturated heterocycles. The highest BCUT2D eigenvalue weighted by atomic mass is 32.2. The number of imidazole rings is 1.